The van der Waals surface area contributed by atoms with Gasteiger partial charge in [0, 0.05) is 12.1 Å². The fourth-order valence-electron chi connectivity index (χ4n) is 1.82. The Morgan fingerprint density at radius 1 is 1.05 bits per heavy atom. The van der Waals surface area contributed by atoms with Crippen LogP contribution >= 0.6 is 0 Å². The predicted octanol–water partition coefficient (Wildman–Crippen LogP) is 3.79. The molecule has 0 aliphatic heterocycles. The van der Waals surface area contributed by atoms with Crippen LogP contribution in [0.25, 0.3) is 6.08 Å². The summed E-state index contributed by atoms with van der Waals surface area (Å²) in [6.45, 7) is 1.36. The highest BCUT2D eigenvalue weighted by molar-refractivity contribution is 5.98. The molecule has 0 spiro atoms. The van der Waals surface area contributed by atoms with E-state index in [0.717, 1.165) is 24.3 Å². The molecule has 0 saturated heterocycles. The summed E-state index contributed by atoms with van der Waals surface area (Å²) in [6, 6.07) is 9.20. The largest absolute Gasteiger partial charge is 0.423 e. The van der Waals surface area contributed by atoms with Crippen LogP contribution < -0.4 is 4.74 Å². The topological polar surface area (TPSA) is 43.4 Å². The third kappa shape index (κ3) is 4.09. The fraction of sp³-hybridized carbons (Fsp3) is 0.0588. The monoisotopic (exact) mass is 302 g/mol. The van der Waals surface area contributed by atoms with Gasteiger partial charge in [0.25, 0.3) is 0 Å². The summed E-state index contributed by atoms with van der Waals surface area (Å²) in [6.07, 6.45) is 2.26. The summed E-state index contributed by atoms with van der Waals surface area (Å²) in [5, 5.41) is 0. The summed E-state index contributed by atoms with van der Waals surface area (Å²) in [4.78, 5) is 23.1. The van der Waals surface area contributed by atoms with Gasteiger partial charge >= 0.3 is 5.97 Å². The third-order valence-corrected chi connectivity index (χ3v) is 2.77. The standard InChI is InChI=1S/C17H12F2O3/c1-11(20)15-4-2-3-5-16(15)22-17(21)7-6-12-8-13(18)10-14(19)9-12/h2-10H,1H3/b7-6+. The first-order valence-corrected chi connectivity index (χ1v) is 6.41. The Morgan fingerprint density at radius 2 is 1.68 bits per heavy atom. The van der Waals surface area contributed by atoms with Gasteiger partial charge in [0.1, 0.15) is 17.4 Å². The summed E-state index contributed by atoms with van der Waals surface area (Å²) in [7, 11) is 0. The van der Waals surface area contributed by atoms with Gasteiger partial charge in [-0.25, -0.2) is 13.6 Å². The van der Waals surface area contributed by atoms with Crippen molar-refractivity contribution in [3.63, 3.8) is 0 Å². The average Bonchev–Trinajstić information content (AvgIpc) is 2.44. The van der Waals surface area contributed by atoms with Gasteiger partial charge in [-0.3, -0.25) is 4.79 Å². The summed E-state index contributed by atoms with van der Waals surface area (Å²) in [5.74, 6) is -2.34. The van der Waals surface area contributed by atoms with E-state index in [0.29, 0.717) is 0 Å². The molecule has 0 atom stereocenters. The van der Waals surface area contributed by atoms with Gasteiger partial charge < -0.3 is 4.74 Å². The van der Waals surface area contributed by atoms with Gasteiger partial charge in [-0.1, -0.05) is 12.1 Å². The highest BCUT2D eigenvalue weighted by Gasteiger charge is 2.10. The first-order valence-electron chi connectivity index (χ1n) is 6.41. The van der Waals surface area contributed by atoms with Gasteiger partial charge in [-0.15, -0.1) is 0 Å². The van der Waals surface area contributed by atoms with Gasteiger partial charge in [-0.2, -0.15) is 0 Å². The lowest BCUT2D eigenvalue weighted by Crippen LogP contribution is -2.07. The molecule has 0 radical (unpaired) electrons. The van der Waals surface area contributed by atoms with E-state index in [1.807, 2.05) is 0 Å². The van der Waals surface area contributed by atoms with E-state index in [9.17, 15) is 18.4 Å². The Labute approximate surface area is 125 Å². The van der Waals surface area contributed by atoms with Crippen molar-refractivity contribution < 1.29 is 23.1 Å². The van der Waals surface area contributed by atoms with Crippen molar-refractivity contribution >= 4 is 17.8 Å². The smallest absolute Gasteiger partial charge is 0.336 e. The number of Topliss-reactive ketones (excluding diaryl/α,β-unsaturated/α-hetero) is 1. The molecule has 0 fully saturated rings. The number of carbonyl (C=O) groups is 2. The molecular formula is C17H12F2O3. The van der Waals surface area contributed by atoms with Gasteiger partial charge in [0.05, 0.1) is 5.56 Å². The maximum absolute atomic E-state index is 13.0. The molecule has 2 aromatic rings. The molecule has 2 aromatic carbocycles. The van der Waals surface area contributed by atoms with E-state index in [-0.39, 0.29) is 22.7 Å². The molecule has 0 aliphatic carbocycles. The van der Waals surface area contributed by atoms with Crippen molar-refractivity contribution in [1.82, 2.24) is 0 Å². The Bertz CT molecular complexity index is 731. The Morgan fingerprint density at radius 3 is 2.32 bits per heavy atom. The van der Waals surface area contributed by atoms with Gasteiger partial charge in [-0.05, 0) is 42.8 Å². The molecule has 0 heterocycles. The number of ketones is 1. The van der Waals surface area contributed by atoms with E-state index in [4.69, 9.17) is 4.74 Å². The van der Waals surface area contributed by atoms with Crippen molar-refractivity contribution in [1.29, 1.82) is 0 Å². The lowest BCUT2D eigenvalue weighted by atomic mass is 10.1. The van der Waals surface area contributed by atoms with E-state index in [2.05, 4.69) is 0 Å². The minimum absolute atomic E-state index is 0.134. The minimum Gasteiger partial charge on any atom is -0.423 e. The van der Waals surface area contributed by atoms with Gasteiger partial charge in [0.15, 0.2) is 5.78 Å². The van der Waals surface area contributed by atoms with E-state index >= 15 is 0 Å². The number of halogens is 2. The second-order valence-electron chi connectivity index (χ2n) is 4.51. The normalized spacial score (nSPS) is 10.7. The molecule has 0 saturated carbocycles. The van der Waals surface area contributed by atoms with Gasteiger partial charge in [0.2, 0.25) is 0 Å². The number of para-hydroxylation sites is 1. The molecule has 112 valence electrons. The Kier molecular flexibility index (Phi) is 4.78. The number of hydrogen-bond acceptors (Lipinski definition) is 3. The molecule has 0 bridgehead atoms. The van der Waals surface area contributed by atoms with Crippen molar-refractivity contribution in [2.24, 2.45) is 0 Å². The molecule has 5 heteroatoms. The molecular weight excluding hydrogens is 290 g/mol. The van der Waals surface area contributed by atoms with Crippen molar-refractivity contribution in [2.75, 3.05) is 0 Å². The predicted molar refractivity (Wildman–Crippen MR) is 77.5 cm³/mol. The number of carbonyl (C=O) groups excluding carboxylic acids is 2. The molecule has 2 rings (SSSR count). The average molecular weight is 302 g/mol. The van der Waals surface area contributed by atoms with Crippen LogP contribution in [0.1, 0.15) is 22.8 Å². The molecule has 0 N–H and O–H groups in total. The van der Waals surface area contributed by atoms with E-state index in [1.165, 1.54) is 25.1 Å². The molecule has 0 aliphatic rings. The zero-order valence-electron chi connectivity index (χ0n) is 11.7. The van der Waals surface area contributed by atoms with Crippen LogP contribution in [-0.2, 0) is 4.79 Å². The number of ether oxygens (including phenoxy) is 1. The fourth-order valence-corrected chi connectivity index (χ4v) is 1.82. The summed E-state index contributed by atoms with van der Waals surface area (Å²) in [5.41, 5.74) is 0.468. The number of hydrogen-bond donors (Lipinski definition) is 0. The minimum atomic E-state index is -0.752. The third-order valence-electron chi connectivity index (χ3n) is 2.77. The SMILES string of the molecule is CC(=O)c1ccccc1OC(=O)/C=C/c1cc(F)cc(F)c1. The lowest BCUT2D eigenvalue weighted by molar-refractivity contribution is -0.128. The van der Waals surface area contributed by atoms with Crippen LogP contribution in [0.5, 0.6) is 5.75 Å². The number of rotatable bonds is 4. The molecule has 0 amide bonds. The molecule has 0 aromatic heterocycles. The molecule has 3 nitrogen and oxygen atoms in total. The summed E-state index contributed by atoms with van der Waals surface area (Å²) >= 11 is 0. The van der Waals surface area contributed by atoms with Crippen LogP contribution in [0, 0.1) is 11.6 Å². The van der Waals surface area contributed by atoms with Crippen LogP contribution in [0.4, 0.5) is 8.78 Å². The second-order valence-corrected chi connectivity index (χ2v) is 4.51. The van der Waals surface area contributed by atoms with Crippen LogP contribution in [0.15, 0.2) is 48.5 Å². The van der Waals surface area contributed by atoms with Crippen LogP contribution in [0.3, 0.4) is 0 Å². The van der Waals surface area contributed by atoms with E-state index < -0.39 is 17.6 Å². The van der Waals surface area contributed by atoms with Crippen molar-refractivity contribution in [3.05, 3.63) is 71.3 Å². The second kappa shape index (κ2) is 6.76. The van der Waals surface area contributed by atoms with Crippen molar-refractivity contribution in [3.8, 4) is 5.75 Å². The molecule has 22 heavy (non-hydrogen) atoms. The highest BCUT2D eigenvalue weighted by atomic mass is 19.1. The maximum Gasteiger partial charge on any atom is 0.336 e. The zero-order valence-corrected chi connectivity index (χ0v) is 11.7. The lowest BCUT2D eigenvalue weighted by Gasteiger charge is -2.05. The molecule has 0 unspecified atom stereocenters. The van der Waals surface area contributed by atoms with Crippen LogP contribution in [0.2, 0.25) is 0 Å². The van der Waals surface area contributed by atoms with Crippen molar-refractivity contribution in [2.45, 2.75) is 6.92 Å². The maximum atomic E-state index is 13.0. The number of benzene rings is 2. The Hall–Kier alpha value is -2.82. The summed E-state index contributed by atoms with van der Waals surface area (Å²) < 4.78 is 31.1. The first-order chi connectivity index (χ1) is 10.5. The first kappa shape index (κ1) is 15.6. The quantitative estimate of drug-likeness (QED) is 0.373. The highest BCUT2D eigenvalue weighted by Crippen LogP contribution is 2.19. The van der Waals surface area contributed by atoms with E-state index in [1.54, 1.807) is 12.1 Å². The number of esters is 1. The van der Waals surface area contributed by atoms with Crippen LogP contribution in [-0.4, -0.2) is 11.8 Å². The Balaban J connectivity index is 2.13. The zero-order chi connectivity index (χ0) is 16.1.